The SMILES string of the molecule is CN(C)c1cccc(C(=O)Nc2cccc(OCCn3cncn3)c2)c1. The Hall–Kier alpha value is -3.35. The average Bonchev–Trinajstić information content (AvgIpc) is 3.15. The summed E-state index contributed by atoms with van der Waals surface area (Å²) in [6.45, 7) is 1.07. The van der Waals surface area contributed by atoms with E-state index in [9.17, 15) is 4.79 Å². The van der Waals surface area contributed by atoms with Crippen LogP contribution in [-0.2, 0) is 6.54 Å². The van der Waals surface area contributed by atoms with Gasteiger partial charge < -0.3 is 15.0 Å². The van der Waals surface area contributed by atoms with Crippen molar-refractivity contribution in [1.29, 1.82) is 0 Å². The van der Waals surface area contributed by atoms with Crippen molar-refractivity contribution >= 4 is 17.3 Å². The molecule has 0 bridgehead atoms. The first-order valence-electron chi connectivity index (χ1n) is 8.26. The van der Waals surface area contributed by atoms with Crippen molar-refractivity contribution in [3.8, 4) is 5.75 Å². The summed E-state index contributed by atoms with van der Waals surface area (Å²) in [5.74, 6) is 0.526. The van der Waals surface area contributed by atoms with Crippen LogP contribution in [0.2, 0.25) is 0 Å². The van der Waals surface area contributed by atoms with Gasteiger partial charge in [0.1, 0.15) is 25.0 Å². The van der Waals surface area contributed by atoms with Crippen LogP contribution in [-0.4, -0.2) is 41.4 Å². The highest BCUT2D eigenvalue weighted by atomic mass is 16.5. The Kier molecular flexibility index (Phi) is 5.48. The van der Waals surface area contributed by atoms with Gasteiger partial charge in [-0.05, 0) is 30.3 Å². The van der Waals surface area contributed by atoms with E-state index in [1.165, 1.54) is 6.33 Å². The van der Waals surface area contributed by atoms with Crippen molar-refractivity contribution in [3.63, 3.8) is 0 Å². The lowest BCUT2D eigenvalue weighted by Gasteiger charge is -2.14. The molecule has 3 aromatic rings. The summed E-state index contributed by atoms with van der Waals surface area (Å²) in [5, 5.41) is 6.93. The molecule has 0 unspecified atom stereocenters. The van der Waals surface area contributed by atoms with E-state index in [0.717, 1.165) is 5.69 Å². The minimum absolute atomic E-state index is 0.159. The van der Waals surface area contributed by atoms with Crippen molar-refractivity contribution in [1.82, 2.24) is 14.8 Å². The highest BCUT2D eigenvalue weighted by molar-refractivity contribution is 6.04. The van der Waals surface area contributed by atoms with Crippen molar-refractivity contribution < 1.29 is 9.53 Å². The lowest BCUT2D eigenvalue weighted by atomic mass is 10.1. The van der Waals surface area contributed by atoms with Crippen LogP contribution in [0.15, 0.2) is 61.2 Å². The Bertz CT molecular complexity index is 862. The molecule has 1 aromatic heterocycles. The molecule has 2 aromatic carbocycles. The van der Waals surface area contributed by atoms with Crippen LogP contribution in [0.4, 0.5) is 11.4 Å². The van der Waals surface area contributed by atoms with Gasteiger partial charge in [0.15, 0.2) is 0 Å². The normalized spacial score (nSPS) is 10.4. The van der Waals surface area contributed by atoms with E-state index in [1.54, 1.807) is 23.1 Å². The predicted octanol–water partition coefficient (Wildman–Crippen LogP) is 2.68. The summed E-state index contributed by atoms with van der Waals surface area (Å²) in [6.07, 6.45) is 3.13. The van der Waals surface area contributed by atoms with Crippen LogP contribution in [0, 0.1) is 0 Å². The van der Waals surface area contributed by atoms with Gasteiger partial charge in [0.2, 0.25) is 0 Å². The Labute approximate surface area is 152 Å². The first-order chi connectivity index (χ1) is 12.6. The Morgan fingerprint density at radius 2 is 2.04 bits per heavy atom. The highest BCUT2D eigenvalue weighted by Gasteiger charge is 2.08. The lowest BCUT2D eigenvalue weighted by Crippen LogP contribution is -2.14. The van der Waals surface area contributed by atoms with Crippen LogP contribution in [0.5, 0.6) is 5.75 Å². The number of carbonyl (C=O) groups excluding carboxylic acids is 1. The third-order valence-electron chi connectivity index (χ3n) is 3.77. The van der Waals surface area contributed by atoms with Crippen molar-refractivity contribution in [2.24, 2.45) is 0 Å². The third kappa shape index (κ3) is 4.60. The maximum absolute atomic E-state index is 12.5. The van der Waals surface area contributed by atoms with Crippen LogP contribution in [0.25, 0.3) is 0 Å². The summed E-state index contributed by atoms with van der Waals surface area (Å²) in [7, 11) is 3.88. The van der Waals surface area contributed by atoms with Crippen LogP contribution >= 0.6 is 0 Å². The first-order valence-corrected chi connectivity index (χ1v) is 8.26. The van der Waals surface area contributed by atoms with Gasteiger partial charge >= 0.3 is 0 Å². The Morgan fingerprint density at radius 1 is 1.19 bits per heavy atom. The molecule has 26 heavy (non-hydrogen) atoms. The number of carbonyl (C=O) groups is 1. The van der Waals surface area contributed by atoms with E-state index in [0.29, 0.717) is 30.2 Å². The zero-order chi connectivity index (χ0) is 18.4. The van der Waals surface area contributed by atoms with Gasteiger partial charge in [-0.15, -0.1) is 0 Å². The largest absolute Gasteiger partial charge is 0.492 e. The van der Waals surface area contributed by atoms with E-state index < -0.39 is 0 Å². The summed E-state index contributed by atoms with van der Waals surface area (Å²) in [4.78, 5) is 18.3. The number of hydrogen-bond acceptors (Lipinski definition) is 5. The number of hydrogen-bond donors (Lipinski definition) is 1. The second-order valence-corrected chi connectivity index (χ2v) is 5.93. The molecular formula is C19H21N5O2. The van der Waals surface area contributed by atoms with E-state index in [-0.39, 0.29) is 5.91 Å². The molecule has 0 fully saturated rings. The number of anilines is 2. The molecule has 0 saturated heterocycles. The highest BCUT2D eigenvalue weighted by Crippen LogP contribution is 2.19. The monoisotopic (exact) mass is 351 g/mol. The fraction of sp³-hybridized carbons (Fsp3) is 0.211. The Balaban J connectivity index is 1.61. The van der Waals surface area contributed by atoms with Gasteiger partial charge in [-0.25, -0.2) is 9.67 Å². The van der Waals surface area contributed by atoms with E-state index >= 15 is 0 Å². The maximum atomic E-state index is 12.5. The first kappa shape index (κ1) is 17.5. The average molecular weight is 351 g/mol. The minimum atomic E-state index is -0.159. The molecule has 7 nitrogen and oxygen atoms in total. The number of nitrogens with one attached hydrogen (secondary N) is 1. The smallest absolute Gasteiger partial charge is 0.255 e. The summed E-state index contributed by atoms with van der Waals surface area (Å²) < 4.78 is 7.41. The van der Waals surface area contributed by atoms with Gasteiger partial charge in [-0.3, -0.25) is 4.79 Å². The molecule has 0 saturated carbocycles. The molecule has 1 amide bonds. The summed E-state index contributed by atoms with van der Waals surface area (Å²) >= 11 is 0. The number of nitrogens with zero attached hydrogens (tertiary/aromatic N) is 4. The molecule has 134 valence electrons. The number of benzene rings is 2. The molecule has 7 heteroatoms. The van der Waals surface area contributed by atoms with Gasteiger partial charge in [0.05, 0.1) is 6.54 Å². The van der Waals surface area contributed by atoms with Crippen LogP contribution in [0.1, 0.15) is 10.4 Å². The second-order valence-electron chi connectivity index (χ2n) is 5.93. The van der Waals surface area contributed by atoms with Gasteiger partial charge in [-0.2, -0.15) is 5.10 Å². The van der Waals surface area contributed by atoms with Gasteiger partial charge in [0.25, 0.3) is 5.91 Å². The fourth-order valence-electron chi connectivity index (χ4n) is 2.40. The summed E-state index contributed by atoms with van der Waals surface area (Å²) in [5.41, 5.74) is 2.26. The van der Waals surface area contributed by atoms with Crippen LogP contribution in [0.3, 0.4) is 0 Å². The molecule has 0 radical (unpaired) electrons. The van der Waals surface area contributed by atoms with Crippen molar-refractivity contribution in [2.75, 3.05) is 30.9 Å². The molecule has 0 spiro atoms. The molecule has 1 N–H and O–H groups in total. The topological polar surface area (TPSA) is 72.3 Å². The molecule has 0 atom stereocenters. The minimum Gasteiger partial charge on any atom is -0.492 e. The zero-order valence-corrected chi connectivity index (χ0v) is 14.8. The fourth-order valence-corrected chi connectivity index (χ4v) is 2.40. The number of aromatic nitrogens is 3. The van der Waals surface area contributed by atoms with Gasteiger partial charge in [-0.1, -0.05) is 12.1 Å². The molecule has 0 aliphatic heterocycles. The van der Waals surface area contributed by atoms with E-state index in [1.807, 2.05) is 55.4 Å². The second kappa shape index (κ2) is 8.15. The molecule has 0 aliphatic carbocycles. The molecule has 1 heterocycles. The van der Waals surface area contributed by atoms with Crippen molar-refractivity contribution in [2.45, 2.75) is 6.54 Å². The van der Waals surface area contributed by atoms with Crippen molar-refractivity contribution in [3.05, 3.63) is 66.7 Å². The van der Waals surface area contributed by atoms with E-state index in [4.69, 9.17) is 4.74 Å². The molecular weight excluding hydrogens is 330 g/mol. The number of ether oxygens (including phenoxy) is 1. The molecule has 3 rings (SSSR count). The Morgan fingerprint density at radius 3 is 2.81 bits per heavy atom. The third-order valence-corrected chi connectivity index (χ3v) is 3.77. The predicted molar refractivity (Wildman–Crippen MR) is 101 cm³/mol. The van der Waals surface area contributed by atoms with Gasteiger partial charge in [0, 0.05) is 37.1 Å². The lowest BCUT2D eigenvalue weighted by molar-refractivity contribution is 0.102. The summed E-state index contributed by atoms with van der Waals surface area (Å²) in [6, 6.07) is 14.8. The van der Waals surface area contributed by atoms with E-state index in [2.05, 4.69) is 15.4 Å². The number of amides is 1. The number of rotatable bonds is 7. The molecule has 0 aliphatic rings. The quantitative estimate of drug-likeness (QED) is 0.708. The maximum Gasteiger partial charge on any atom is 0.255 e. The van der Waals surface area contributed by atoms with Crippen LogP contribution < -0.4 is 15.0 Å². The standard InChI is InChI=1S/C19H21N5O2/c1-23(2)17-7-3-5-15(11-17)19(25)22-16-6-4-8-18(12-16)26-10-9-24-14-20-13-21-24/h3-8,11-14H,9-10H2,1-2H3,(H,22,25). The zero-order valence-electron chi connectivity index (χ0n) is 14.8.